The number of nitrogens with one attached hydrogen (secondary N) is 3. The average molecular weight is 440 g/mol. The number of imide groups is 1. The highest BCUT2D eigenvalue weighted by Gasteiger charge is 2.54. The van der Waals surface area contributed by atoms with Crippen molar-refractivity contribution >= 4 is 45.5 Å². The van der Waals surface area contributed by atoms with Crippen molar-refractivity contribution in [3.05, 3.63) is 59.0 Å². The molecule has 1 saturated heterocycles. The van der Waals surface area contributed by atoms with Crippen molar-refractivity contribution in [1.29, 1.82) is 0 Å². The normalized spacial score (nSPS) is 18.5. The molecule has 2 aromatic heterocycles. The maximum Gasteiger partial charge on any atom is 0.324 e. The van der Waals surface area contributed by atoms with Crippen LogP contribution in [0.15, 0.2) is 36.5 Å². The molecule has 7 rings (SSSR count). The SMILES string of the molecule is CN1C(=O)NC(=O)C12Cc1cc3nc(Cn4cc5c6c(cccc64)NC(=O)C5)[nH]c3cc1C2. The summed E-state index contributed by atoms with van der Waals surface area (Å²) < 4.78 is 2.12. The second-order valence-electron chi connectivity index (χ2n) is 9.23. The van der Waals surface area contributed by atoms with Gasteiger partial charge in [-0.25, -0.2) is 9.78 Å². The zero-order valence-corrected chi connectivity index (χ0v) is 17.9. The van der Waals surface area contributed by atoms with E-state index in [1.807, 2.05) is 30.5 Å². The number of hydrogen-bond acceptors (Lipinski definition) is 4. The van der Waals surface area contributed by atoms with E-state index in [-0.39, 0.29) is 17.8 Å². The lowest BCUT2D eigenvalue weighted by Gasteiger charge is -2.27. The molecule has 9 heteroatoms. The summed E-state index contributed by atoms with van der Waals surface area (Å²) in [5.74, 6) is 0.595. The molecule has 1 spiro atoms. The fourth-order valence-electron chi connectivity index (χ4n) is 5.67. The van der Waals surface area contributed by atoms with Crippen molar-refractivity contribution in [2.24, 2.45) is 0 Å². The molecule has 164 valence electrons. The van der Waals surface area contributed by atoms with Crippen molar-refractivity contribution in [2.75, 3.05) is 12.4 Å². The topological polar surface area (TPSA) is 112 Å². The molecule has 1 unspecified atom stereocenters. The summed E-state index contributed by atoms with van der Waals surface area (Å²) >= 11 is 0. The number of fused-ring (bicyclic) bond motifs is 2. The number of imidazole rings is 1. The fourth-order valence-corrected chi connectivity index (χ4v) is 5.67. The van der Waals surface area contributed by atoms with E-state index >= 15 is 0 Å². The number of likely N-dealkylation sites (N-methyl/N-ethyl adjacent to an activating group) is 1. The summed E-state index contributed by atoms with van der Waals surface area (Å²) in [5.41, 5.74) is 5.96. The van der Waals surface area contributed by atoms with Gasteiger partial charge in [-0.1, -0.05) is 6.07 Å². The van der Waals surface area contributed by atoms with Crippen LogP contribution in [-0.4, -0.2) is 49.9 Å². The number of rotatable bonds is 2. The number of carbonyl (C=O) groups is 3. The largest absolute Gasteiger partial charge is 0.340 e. The van der Waals surface area contributed by atoms with Gasteiger partial charge in [0.25, 0.3) is 5.91 Å². The summed E-state index contributed by atoms with van der Waals surface area (Å²) in [6, 6.07) is 9.66. The van der Waals surface area contributed by atoms with Crippen LogP contribution in [0.25, 0.3) is 21.9 Å². The highest BCUT2D eigenvalue weighted by atomic mass is 16.2. The molecule has 0 radical (unpaired) electrons. The van der Waals surface area contributed by atoms with Gasteiger partial charge in [-0.05, 0) is 41.0 Å². The molecule has 33 heavy (non-hydrogen) atoms. The molecule has 1 fully saturated rings. The Morgan fingerprint density at radius 3 is 2.67 bits per heavy atom. The Morgan fingerprint density at radius 2 is 1.88 bits per heavy atom. The minimum atomic E-state index is -0.836. The molecule has 4 amide bonds. The van der Waals surface area contributed by atoms with Gasteiger partial charge in [0.2, 0.25) is 5.91 Å². The molecule has 0 bridgehead atoms. The molecule has 3 aliphatic rings. The molecule has 2 aromatic carbocycles. The van der Waals surface area contributed by atoms with Gasteiger partial charge >= 0.3 is 6.03 Å². The Balaban J connectivity index is 1.24. The van der Waals surface area contributed by atoms with Crippen LogP contribution in [-0.2, 0) is 35.4 Å². The van der Waals surface area contributed by atoms with Crippen LogP contribution in [0.4, 0.5) is 10.5 Å². The number of urea groups is 1. The lowest BCUT2D eigenvalue weighted by atomic mass is 9.95. The van der Waals surface area contributed by atoms with E-state index in [1.165, 1.54) is 4.90 Å². The van der Waals surface area contributed by atoms with Crippen molar-refractivity contribution in [1.82, 2.24) is 24.8 Å². The third-order valence-electron chi connectivity index (χ3n) is 7.34. The first-order valence-electron chi connectivity index (χ1n) is 10.9. The summed E-state index contributed by atoms with van der Waals surface area (Å²) in [6.45, 7) is 0.553. The van der Waals surface area contributed by atoms with Gasteiger partial charge < -0.3 is 19.8 Å². The summed E-state index contributed by atoms with van der Waals surface area (Å²) in [6.07, 6.45) is 3.40. The quantitative estimate of drug-likeness (QED) is 0.414. The van der Waals surface area contributed by atoms with Gasteiger partial charge in [0, 0.05) is 31.5 Å². The molecule has 1 atom stereocenters. The third-order valence-corrected chi connectivity index (χ3v) is 7.34. The molecule has 3 N–H and O–H groups in total. The minimum Gasteiger partial charge on any atom is -0.340 e. The highest BCUT2D eigenvalue weighted by Crippen LogP contribution is 2.39. The van der Waals surface area contributed by atoms with Crippen molar-refractivity contribution in [3.63, 3.8) is 0 Å². The van der Waals surface area contributed by atoms with Gasteiger partial charge in [0.1, 0.15) is 11.4 Å². The standard InChI is InChI=1S/C24H20N6O3/c1-29-23(33)28-22(32)24(29)8-12-5-16-17(6-13(12)9-24)26-19(25-16)11-30-10-14-7-20(31)27-15-3-2-4-18(30)21(14)15/h2-6,10H,7-9,11H2,1H3,(H,25,26)(H,27,31)(H,28,32,33). The summed E-state index contributed by atoms with van der Waals surface area (Å²) in [5, 5.41) is 6.47. The molecular weight excluding hydrogens is 420 g/mol. The minimum absolute atomic E-state index is 0.00654. The van der Waals surface area contributed by atoms with E-state index in [0.717, 1.165) is 50.1 Å². The van der Waals surface area contributed by atoms with Crippen molar-refractivity contribution in [2.45, 2.75) is 31.3 Å². The monoisotopic (exact) mass is 440 g/mol. The second kappa shape index (κ2) is 6.00. The lowest BCUT2D eigenvalue weighted by Crippen LogP contribution is -2.48. The Bertz CT molecular complexity index is 1520. The molecule has 4 heterocycles. The van der Waals surface area contributed by atoms with Crippen molar-refractivity contribution < 1.29 is 14.4 Å². The van der Waals surface area contributed by atoms with Gasteiger partial charge in [0.15, 0.2) is 0 Å². The number of aromatic nitrogens is 3. The van der Waals surface area contributed by atoms with E-state index < -0.39 is 5.54 Å². The van der Waals surface area contributed by atoms with Crippen LogP contribution in [0, 0.1) is 0 Å². The van der Waals surface area contributed by atoms with Crippen LogP contribution in [0.1, 0.15) is 22.5 Å². The summed E-state index contributed by atoms with van der Waals surface area (Å²) in [7, 11) is 1.68. The smallest absolute Gasteiger partial charge is 0.324 e. The number of nitrogens with zero attached hydrogens (tertiary/aromatic N) is 3. The Kier molecular flexibility index (Phi) is 3.35. The van der Waals surface area contributed by atoms with Gasteiger partial charge in [-0.15, -0.1) is 0 Å². The maximum atomic E-state index is 12.5. The highest BCUT2D eigenvalue weighted by molar-refractivity contribution is 6.09. The van der Waals surface area contributed by atoms with Crippen LogP contribution in [0.3, 0.4) is 0 Å². The van der Waals surface area contributed by atoms with E-state index in [0.29, 0.717) is 25.8 Å². The fraction of sp³-hybridized carbons (Fsp3) is 0.250. The van der Waals surface area contributed by atoms with Crippen LogP contribution in [0.5, 0.6) is 0 Å². The van der Waals surface area contributed by atoms with E-state index in [1.54, 1.807) is 7.05 Å². The lowest BCUT2D eigenvalue weighted by molar-refractivity contribution is -0.125. The van der Waals surface area contributed by atoms with Gasteiger partial charge in [-0.3, -0.25) is 14.9 Å². The average Bonchev–Trinajstić information content (AvgIpc) is 3.49. The third kappa shape index (κ3) is 2.41. The predicted octanol–water partition coefficient (Wildman–Crippen LogP) is 2.08. The maximum absolute atomic E-state index is 12.5. The number of amides is 4. The van der Waals surface area contributed by atoms with Crippen LogP contribution >= 0.6 is 0 Å². The first-order chi connectivity index (χ1) is 15.9. The van der Waals surface area contributed by atoms with E-state index in [2.05, 4.69) is 26.3 Å². The number of aromatic amines is 1. The summed E-state index contributed by atoms with van der Waals surface area (Å²) in [4.78, 5) is 46.3. The zero-order chi connectivity index (χ0) is 22.5. The zero-order valence-electron chi connectivity index (χ0n) is 17.9. The Morgan fingerprint density at radius 1 is 1.06 bits per heavy atom. The Hall–Kier alpha value is -4.14. The van der Waals surface area contributed by atoms with Gasteiger partial charge in [0.05, 0.1) is 35.2 Å². The number of hydrogen-bond donors (Lipinski definition) is 3. The Labute approximate surface area is 187 Å². The van der Waals surface area contributed by atoms with Crippen molar-refractivity contribution in [3.8, 4) is 0 Å². The predicted molar refractivity (Wildman–Crippen MR) is 121 cm³/mol. The van der Waals surface area contributed by atoms with Gasteiger partial charge in [-0.2, -0.15) is 0 Å². The molecule has 2 aliphatic heterocycles. The number of carbonyl (C=O) groups excluding carboxylic acids is 3. The first-order valence-corrected chi connectivity index (χ1v) is 10.9. The number of benzene rings is 2. The molecule has 0 saturated carbocycles. The second-order valence-corrected chi connectivity index (χ2v) is 9.23. The molecule has 9 nitrogen and oxygen atoms in total. The first kappa shape index (κ1) is 18.4. The molecule has 4 aromatic rings. The number of anilines is 1. The number of H-pyrrole nitrogens is 1. The van der Waals surface area contributed by atoms with Crippen LogP contribution < -0.4 is 10.6 Å². The van der Waals surface area contributed by atoms with E-state index in [4.69, 9.17) is 4.98 Å². The molecular formula is C24H20N6O3. The van der Waals surface area contributed by atoms with E-state index in [9.17, 15) is 14.4 Å². The molecule has 1 aliphatic carbocycles. The van der Waals surface area contributed by atoms with Crippen LogP contribution in [0.2, 0.25) is 0 Å².